The predicted octanol–water partition coefficient (Wildman–Crippen LogP) is 2.88. The van der Waals surface area contributed by atoms with Crippen molar-refractivity contribution in [2.24, 2.45) is 0 Å². The number of benzene rings is 1. The molecule has 8 nitrogen and oxygen atoms in total. The summed E-state index contributed by atoms with van der Waals surface area (Å²) < 4.78 is 0. The van der Waals surface area contributed by atoms with E-state index in [1.807, 2.05) is 24.3 Å². The van der Waals surface area contributed by atoms with E-state index in [4.69, 9.17) is 4.98 Å². The van der Waals surface area contributed by atoms with Gasteiger partial charge in [0.1, 0.15) is 12.1 Å². The fourth-order valence-corrected chi connectivity index (χ4v) is 3.84. The maximum atomic E-state index is 12.6. The van der Waals surface area contributed by atoms with E-state index in [1.54, 1.807) is 18.6 Å². The highest BCUT2D eigenvalue weighted by Gasteiger charge is 2.15. The van der Waals surface area contributed by atoms with E-state index in [9.17, 15) is 4.79 Å². The minimum absolute atomic E-state index is 0.183. The second kappa shape index (κ2) is 8.16. The first-order valence-electron chi connectivity index (χ1n) is 10.3. The van der Waals surface area contributed by atoms with Crippen molar-refractivity contribution in [2.45, 2.75) is 0 Å². The molecule has 1 saturated heterocycles. The molecule has 2 N–H and O–H groups in total. The summed E-state index contributed by atoms with van der Waals surface area (Å²) in [5, 5.41) is 4.66. The number of likely N-dealkylation sites (N-methyl/N-ethyl adjacent to an activating group) is 1. The zero-order valence-corrected chi connectivity index (χ0v) is 17.2. The Labute approximate surface area is 179 Å². The first-order chi connectivity index (χ1) is 15.2. The van der Waals surface area contributed by atoms with Crippen molar-refractivity contribution in [2.75, 3.05) is 43.4 Å². The van der Waals surface area contributed by atoms with Crippen LogP contribution in [-0.4, -0.2) is 58.1 Å². The molecule has 4 heterocycles. The maximum absolute atomic E-state index is 12.6. The van der Waals surface area contributed by atoms with Gasteiger partial charge in [0.05, 0.1) is 11.1 Å². The minimum Gasteiger partial charge on any atom is -0.369 e. The lowest BCUT2D eigenvalue weighted by molar-refractivity contribution is 0.313. The Morgan fingerprint density at radius 3 is 2.48 bits per heavy atom. The summed E-state index contributed by atoms with van der Waals surface area (Å²) in [6.07, 6.45) is 6.55. The number of nitrogens with one attached hydrogen (secondary N) is 2. The van der Waals surface area contributed by atoms with E-state index in [0.717, 1.165) is 42.8 Å². The SMILES string of the molecule is CN1CCN(c2ccc(Nc3nc(-c4cncnc4)cc4cc[nH]c(=O)c34)cc2)CC1. The Bertz CT molecular complexity index is 1250. The molecule has 0 aliphatic carbocycles. The van der Waals surface area contributed by atoms with Crippen LogP contribution >= 0.6 is 0 Å². The van der Waals surface area contributed by atoms with Gasteiger partial charge in [0, 0.05) is 61.7 Å². The van der Waals surface area contributed by atoms with Crippen LogP contribution in [0.25, 0.3) is 22.0 Å². The summed E-state index contributed by atoms with van der Waals surface area (Å²) in [5.41, 5.74) is 3.38. The lowest BCUT2D eigenvalue weighted by Crippen LogP contribution is -2.44. The van der Waals surface area contributed by atoms with E-state index in [0.29, 0.717) is 16.9 Å². The monoisotopic (exact) mass is 413 g/mol. The Balaban J connectivity index is 1.49. The Morgan fingerprint density at radius 2 is 1.74 bits per heavy atom. The van der Waals surface area contributed by atoms with Crippen molar-refractivity contribution in [1.29, 1.82) is 0 Å². The summed E-state index contributed by atoms with van der Waals surface area (Å²) in [6, 6.07) is 12.0. The summed E-state index contributed by atoms with van der Waals surface area (Å²) in [5.74, 6) is 0.505. The number of nitrogens with zero attached hydrogens (tertiary/aromatic N) is 5. The van der Waals surface area contributed by atoms with E-state index in [-0.39, 0.29) is 5.56 Å². The van der Waals surface area contributed by atoms with Gasteiger partial charge in [-0.3, -0.25) is 4.79 Å². The van der Waals surface area contributed by atoms with Gasteiger partial charge < -0.3 is 20.1 Å². The van der Waals surface area contributed by atoms with Crippen LogP contribution < -0.4 is 15.8 Å². The van der Waals surface area contributed by atoms with Crippen LogP contribution in [-0.2, 0) is 0 Å². The number of piperazine rings is 1. The number of anilines is 3. The molecule has 0 radical (unpaired) electrons. The molecule has 0 unspecified atom stereocenters. The molecule has 8 heteroatoms. The molecular formula is C23H23N7O. The molecule has 31 heavy (non-hydrogen) atoms. The van der Waals surface area contributed by atoms with Crippen LogP contribution in [0.15, 0.2) is 66.1 Å². The van der Waals surface area contributed by atoms with Gasteiger partial charge in [0.15, 0.2) is 0 Å². The van der Waals surface area contributed by atoms with Gasteiger partial charge in [-0.2, -0.15) is 0 Å². The van der Waals surface area contributed by atoms with E-state index in [2.05, 4.69) is 49.2 Å². The molecule has 5 rings (SSSR count). The van der Waals surface area contributed by atoms with Gasteiger partial charge >= 0.3 is 0 Å². The average Bonchev–Trinajstić information content (AvgIpc) is 2.81. The van der Waals surface area contributed by atoms with Gasteiger partial charge in [0.25, 0.3) is 5.56 Å². The molecule has 4 aromatic rings. The third-order valence-electron chi connectivity index (χ3n) is 5.61. The summed E-state index contributed by atoms with van der Waals surface area (Å²) in [7, 11) is 2.15. The number of hydrogen-bond donors (Lipinski definition) is 2. The van der Waals surface area contributed by atoms with E-state index in [1.165, 1.54) is 12.0 Å². The molecule has 0 amide bonds. The molecule has 0 bridgehead atoms. The number of aromatic amines is 1. The third kappa shape index (κ3) is 3.97. The highest BCUT2D eigenvalue weighted by atomic mass is 16.1. The zero-order valence-electron chi connectivity index (χ0n) is 17.2. The average molecular weight is 413 g/mol. The number of rotatable bonds is 4. The standard InChI is InChI=1S/C23H23N7O/c1-29-8-10-30(11-9-29)19-4-2-18(3-5-19)27-22-21-16(6-7-26-23(21)31)12-20(28-22)17-13-24-15-25-14-17/h2-7,12-15H,8-11H2,1H3,(H,26,31)(H,27,28). The van der Waals surface area contributed by atoms with Crippen LogP contribution in [0, 0.1) is 0 Å². The highest BCUT2D eigenvalue weighted by molar-refractivity contribution is 5.95. The van der Waals surface area contributed by atoms with E-state index >= 15 is 0 Å². The second-order valence-corrected chi connectivity index (χ2v) is 7.72. The van der Waals surface area contributed by atoms with Crippen molar-refractivity contribution in [3.8, 4) is 11.3 Å². The largest absolute Gasteiger partial charge is 0.369 e. The number of H-pyrrole nitrogens is 1. The Hall–Kier alpha value is -3.78. The Kier molecular flexibility index (Phi) is 5.05. The number of hydrogen-bond acceptors (Lipinski definition) is 7. The second-order valence-electron chi connectivity index (χ2n) is 7.72. The molecule has 0 atom stereocenters. The normalized spacial score (nSPS) is 14.7. The van der Waals surface area contributed by atoms with Crippen LogP contribution in [0.2, 0.25) is 0 Å². The molecule has 0 saturated carbocycles. The molecule has 3 aromatic heterocycles. The van der Waals surface area contributed by atoms with Crippen molar-refractivity contribution in [3.05, 3.63) is 71.7 Å². The van der Waals surface area contributed by atoms with Crippen molar-refractivity contribution in [1.82, 2.24) is 24.8 Å². The van der Waals surface area contributed by atoms with Gasteiger partial charge in [-0.1, -0.05) is 0 Å². The molecule has 156 valence electrons. The molecule has 1 aliphatic rings. The van der Waals surface area contributed by atoms with Gasteiger partial charge in [-0.15, -0.1) is 0 Å². The number of aromatic nitrogens is 4. The van der Waals surface area contributed by atoms with Gasteiger partial charge in [-0.25, -0.2) is 15.0 Å². The highest BCUT2D eigenvalue weighted by Crippen LogP contribution is 2.28. The third-order valence-corrected chi connectivity index (χ3v) is 5.61. The smallest absolute Gasteiger partial charge is 0.259 e. The maximum Gasteiger partial charge on any atom is 0.259 e. The van der Waals surface area contributed by atoms with Crippen LogP contribution in [0.4, 0.5) is 17.2 Å². The number of fused-ring (bicyclic) bond motifs is 1. The summed E-state index contributed by atoms with van der Waals surface area (Å²) >= 11 is 0. The van der Waals surface area contributed by atoms with Crippen LogP contribution in [0.1, 0.15) is 0 Å². The quantitative estimate of drug-likeness (QED) is 0.532. The molecule has 1 aromatic carbocycles. The zero-order chi connectivity index (χ0) is 21.2. The van der Waals surface area contributed by atoms with E-state index < -0.39 is 0 Å². The minimum atomic E-state index is -0.183. The van der Waals surface area contributed by atoms with Gasteiger partial charge in [-0.05, 0) is 48.8 Å². The summed E-state index contributed by atoms with van der Waals surface area (Å²) in [6.45, 7) is 4.17. The molecular weight excluding hydrogens is 390 g/mol. The fraction of sp³-hybridized carbons (Fsp3) is 0.217. The predicted molar refractivity (Wildman–Crippen MR) is 123 cm³/mol. The topological polar surface area (TPSA) is 90.0 Å². The Morgan fingerprint density at radius 1 is 1.00 bits per heavy atom. The molecule has 1 fully saturated rings. The van der Waals surface area contributed by atoms with Crippen molar-refractivity contribution in [3.63, 3.8) is 0 Å². The lowest BCUT2D eigenvalue weighted by atomic mass is 10.1. The lowest BCUT2D eigenvalue weighted by Gasteiger charge is -2.34. The number of pyridine rings is 2. The van der Waals surface area contributed by atoms with Crippen molar-refractivity contribution >= 4 is 28.0 Å². The van der Waals surface area contributed by atoms with Crippen LogP contribution in [0.5, 0.6) is 0 Å². The molecule has 0 spiro atoms. The summed E-state index contributed by atoms with van der Waals surface area (Å²) in [4.78, 5) is 32.9. The van der Waals surface area contributed by atoms with Crippen LogP contribution in [0.3, 0.4) is 0 Å². The molecule has 1 aliphatic heterocycles. The first-order valence-corrected chi connectivity index (χ1v) is 10.3. The van der Waals surface area contributed by atoms with Crippen molar-refractivity contribution < 1.29 is 0 Å². The van der Waals surface area contributed by atoms with Gasteiger partial charge in [0.2, 0.25) is 0 Å². The fourth-order valence-electron chi connectivity index (χ4n) is 3.84. The first kappa shape index (κ1) is 19.2.